The molecule has 0 atom stereocenters. The summed E-state index contributed by atoms with van der Waals surface area (Å²) in [6, 6.07) is 6.95. The van der Waals surface area contributed by atoms with Gasteiger partial charge < -0.3 is 10.5 Å². The normalized spacial score (nSPS) is 10.4. The average Bonchev–Trinajstić information content (AvgIpc) is 2.35. The quantitative estimate of drug-likeness (QED) is 0.894. The van der Waals surface area contributed by atoms with Gasteiger partial charge in [-0.25, -0.2) is 4.98 Å². The number of pyridine rings is 1. The number of nitrogens with two attached hydrogens (primary N) is 1. The van der Waals surface area contributed by atoms with Gasteiger partial charge in [0.2, 0.25) is 5.88 Å². The zero-order chi connectivity index (χ0) is 13.1. The summed E-state index contributed by atoms with van der Waals surface area (Å²) in [5.41, 5.74) is 6.35. The van der Waals surface area contributed by atoms with Crippen LogP contribution in [0.1, 0.15) is 5.56 Å². The molecule has 0 saturated carbocycles. The van der Waals surface area contributed by atoms with Gasteiger partial charge in [-0.1, -0.05) is 23.2 Å². The maximum Gasteiger partial charge on any atom is 0.238 e. The lowest BCUT2D eigenvalue weighted by Gasteiger charge is -2.10. The molecule has 2 aromatic rings. The van der Waals surface area contributed by atoms with Crippen LogP contribution in [0, 0.1) is 0 Å². The molecule has 3 nitrogen and oxygen atoms in total. The van der Waals surface area contributed by atoms with Crippen molar-refractivity contribution in [3.63, 3.8) is 0 Å². The minimum Gasteiger partial charge on any atom is -0.436 e. The van der Waals surface area contributed by atoms with Crippen molar-refractivity contribution in [1.29, 1.82) is 0 Å². The molecule has 0 fully saturated rings. The van der Waals surface area contributed by atoms with Gasteiger partial charge in [0.25, 0.3) is 0 Å². The Morgan fingerprint density at radius 3 is 2.72 bits per heavy atom. The van der Waals surface area contributed by atoms with E-state index in [2.05, 4.69) is 20.9 Å². The second kappa shape index (κ2) is 5.89. The molecule has 1 heterocycles. The summed E-state index contributed by atoms with van der Waals surface area (Å²) in [7, 11) is 0. The van der Waals surface area contributed by atoms with Crippen LogP contribution < -0.4 is 10.5 Å². The third-order valence-electron chi connectivity index (χ3n) is 2.26. The van der Waals surface area contributed by atoms with Crippen molar-refractivity contribution in [1.82, 2.24) is 4.98 Å². The molecule has 1 aromatic heterocycles. The van der Waals surface area contributed by atoms with Crippen LogP contribution in [0.3, 0.4) is 0 Å². The van der Waals surface area contributed by atoms with Crippen molar-refractivity contribution in [2.45, 2.75) is 6.54 Å². The molecule has 2 N–H and O–H groups in total. The van der Waals surface area contributed by atoms with Crippen molar-refractivity contribution >= 4 is 39.1 Å². The highest BCUT2D eigenvalue weighted by atomic mass is 79.9. The summed E-state index contributed by atoms with van der Waals surface area (Å²) in [6.45, 7) is 0.333. The van der Waals surface area contributed by atoms with E-state index in [1.165, 1.54) is 0 Å². The fraction of sp³-hybridized carbons (Fsp3) is 0.0833. The maximum atomic E-state index is 6.13. The highest BCUT2D eigenvalue weighted by Crippen LogP contribution is 2.34. The fourth-order valence-corrected chi connectivity index (χ4v) is 2.34. The Balaban J connectivity index is 2.34. The summed E-state index contributed by atoms with van der Waals surface area (Å²) >= 11 is 15.3. The van der Waals surface area contributed by atoms with E-state index in [1.54, 1.807) is 30.5 Å². The molecule has 1 aromatic carbocycles. The van der Waals surface area contributed by atoms with E-state index < -0.39 is 0 Å². The van der Waals surface area contributed by atoms with E-state index in [-0.39, 0.29) is 0 Å². The highest BCUT2D eigenvalue weighted by Gasteiger charge is 2.10. The number of aromatic nitrogens is 1. The van der Waals surface area contributed by atoms with Crippen molar-refractivity contribution in [3.8, 4) is 11.6 Å². The van der Waals surface area contributed by atoms with Crippen molar-refractivity contribution in [2.75, 3.05) is 0 Å². The van der Waals surface area contributed by atoms with Crippen LogP contribution in [0.15, 0.2) is 34.9 Å². The van der Waals surface area contributed by atoms with E-state index in [4.69, 9.17) is 33.7 Å². The largest absolute Gasteiger partial charge is 0.436 e. The van der Waals surface area contributed by atoms with E-state index in [1.807, 2.05) is 0 Å². The lowest BCUT2D eigenvalue weighted by Crippen LogP contribution is -1.99. The molecule has 18 heavy (non-hydrogen) atoms. The molecule has 0 saturated heterocycles. The van der Waals surface area contributed by atoms with Crippen LogP contribution in [0.5, 0.6) is 11.6 Å². The minimum atomic E-state index is 0.322. The predicted octanol–water partition coefficient (Wildman–Crippen LogP) is 4.40. The van der Waals surface area contributed by atoms with Gasteiger partial charge in [0, 0.05) is 17.8 Å². The fourth-order valence-electron chi connectivity index (χ4n) is 1.35. The monoisotopic (exact) mass is 346 g/mol. The van der Waals surface area contributed by atoms with Crippen molar-refractivity contribution in [3.05, 3.63) is 50.5 Å². The van der Waals surface area contributed by atoms with Gasteiger partial charge in [0.15, 0.2) is 0 Å². The molecule has 2 rings (SSSR count). The Morgan fingerprint density at radius 1 is 1.28 bits per heavy atom. The Bertz CT molecular complexity index is 578. The lowest BCUT2D eigenvalue weighted by molar-refractivity contribution is 0.459. The number of rotatable bonds is 3. The SMILES string of the molecule is NCc1ccnc(Oc2ccc(Cl)cc2Br)c1Cl. The number of ether oxygens (including phenoxy) is 1. The zero-order valence-corrected chi connectivity index (χ0v) is 12.3. The molecule has 0 aliphatic rings. The Kier molecular flexibility index (Phi) is 4.45. The first-order valence-corrected chi connectivity index (χ1v) is 6.63. The van der Waals surface area contributed by atoms with Crippen LogP contribution >= 0.6 is 39.1 Å². The molecule has 0 aliphatic carbocycles. The molecular formula is C12H9BrCl2N2O. The molecule has 0 amide bonds. The summed E-state index contributed by atoms with van der Waals surface area (Å²) < 4.78 is 6.36. The molecule has 94 valence electrons. The van der Waals surface area contributed by atoms with Gasteiger partial charge in [0.1, 0.15) is 10.8 Å². The second-order valence-electron chi connectivity index (χ2n) is 3.47. The van der Waals surface area contributed by atoms with E-state index in [0.717, 1.165) is 10.0 Å². The van der Waals surface area contributed by atoms with E-state index >= 15 is 0 Å². The second-order valence-corrected chi connectivity index (χ2v) is 5.14. The first-order valence-electron chi connectivity index (χ1n) is 5.08. The Labute approximate surface area is 123 Å². The Hall–Kier alpha value is -0.810. The highest BCUT2D eigenvalue weighted by molar-refractivity contribution is 9.10. The number of benzene rings is 1. The van der Waals surface area contributed by atoms with Gasteiger partial charge in [-0.15, -0.1) is 0 Å². The minimum absolute atomic E-state index is 0.322. The standard InChI is InChI=1S/C12H9BrCl2N2O/c13-9-5-8(14)1-2-10(9)18-12-11(15)7(6-16)3-4-17-12/h1-5H,6,16H2. The topological polar surface area (TPSA) is 48.1 Å². The first kappa shape index (κ1) is 13.6. The third kappa shape index (κ3) is 2.95. The maximum absolute atomic E-state index is 6.13. The van der Waals surface area contributed by atoms with Crippen molar-refractivity contribution < 1.29 is 4.74 Å². The third-order valence-corrected chi connectivity index (χ3v) is 3.52. The number of nitrogens with zero attached hydrogens (tertiary/aromatic N) is 1. The smallest absolute Gasteiger partial charge is 0.238 e. The molecule has 0 unspecified atom stereocenters. The van der Waals surface area contributed by atoms with Crippen LogP contribution in [-0.4, -0.2) is 4.98 Å². The summed E-state index contributed by atoms with van der Waals surface area (Å²) in [5, 5.41) is 1.03. The van der Waals surface area contributed by atoms with Crippen LogP contribution in [0.25, 0.3) is 0 Å². The van der Waals surface area contributed by atoms with Gasteiger partial charge >= 0.3 is 0 Å². The first-order chi connectivity index (χ1) is 8.61. The summed E-state index contributed by atoms with van der Waals surface area (Å²) in [5.74, 6) is 0.908. The molecule has 0 radical (unpaired) electrons. The molecule has 6 heteroatoms. The van der Waals surface area contributed by atoms with Crippen LogP contribution in [-0.2, 0) is 6.54 Å². The van der Waals surface area contributed by atoms with E-state index in [9.17, 15) is 0 Å². The zero-order valence-electron chi connectivity index (χ0n) is 9.16. The summed E-state index contributed by atoms with van der Waals surface area (Å²) in [4.78, 5) is 4.08. The average molecular weight is 348 g/mol. The van der Waals surface area contributed by atoms with Gasteiger partial charge in [-0.05, 0) is 45.8 Å². The van der Waals surface area contributed by atoms with E-state index in [0.29, 0.717) is 28.2 Å². The number of hydrogen-bond donors (Lipinski definition) is 1. The van der Waals surface area contributed by atoms with Gasteiger partial charge in [0.05, 0.1) is 4.47 Å². The van der Waals surface area contributed by atoms with Crippen LogP contribution in [0.2, 0.25) is 10.0 Å². The predicted molar refractivity (Wildman–Crippen MR) is 76.4 cm³/mol. The Morgan fingerprint density at radius 2 is 2.06 bits per heavy atom. The lowest BCUT2D eigenvalue weighted by atomic mass is 10.2. The molecule has 0 aliphatic heterocycles. The van der Waals surface area contributed by atoms with Crippen molar-refractivity contribution in [2.24, 2.45) is 5.73 Å². The molecule has 0 spiro atoms. The summed E-state index contributed by atoms with van der Waals surface area (Å²) in [6.07, 6.45) is 1.60. The van der Waals surface area contributed by atoms with Gasteiger partial charge in [-0.3, -0.25) is 0 Å². The molecular weight excluding hydrogens is 339 g/mol. The van der Waals surface area contributed by atoms with Gasteiger partial charge in [-0.2, -0.15) is 0 Å². The number of hydrogen-bond acceptors (Lipinski definition) is 3. The van der Waals surface area contributed by atoms with Crippen LogP contribution in [0.4, 0.5) is 0 Å². The number of halogens is 3. The molecule has 0 bridgehead atoms.